The summed E-state index contributed by atoms with van der Waals surface area (Å²) < 4.78 is 2.18. The predicted molar refractivity (Wildman–Crippen MR) is 90.9 cm³/mol. The Morgan fingerprint density at radius 1 is 1.14 bits per heavy atom. The van der Waals surface area contributed by atoms with Crippen LogP contribution in [0.1, 0.15) is 22.5 Å². The maximum absolute atomic E-state index is 6.10. The summed E-state index contributed by atoms with van der Waals surface area (Å²) in [7, 11) is 0. The molecule has 0 N–H and O–H groups in total. The molecule has 0 unspecified atom stereocenters. The second-order valence-electron chi connectivity index (χ2n) is 5.95. The molecule has 0 saturated carbocycles. The second-order valence-corrected chi connectivity index (χ2v) is 6.39. The summed E-state index contributed by atoms with van der Waals surface area (Å²) in [5.74, 6) is 0. The summed E-state index contributed by atoms with van der Waals surface area (Å²) >= 11 is 6.10. The zero-order chi connectivity index (χ0) is 15.3. The molecule has 0 atom stereocenters. The van der Waals surface area contributed by atoms with Crippen LogP contribution in [0.4, 0.5) is 5.69 Å². The van der Waals surface area contributed by atoms with E-state index in [1.165, 1.54) is 22.5 Å². The van der Waals surface area contributed by atoms with Gasteiger partial charge in [-0.2, -0.15) is 0 Å². The molecule has 22 heavy (non-hydrogen) atoms. The molecule has 1 aromatic carbocycles. The van der Waals surface area contributed by atoms with Crippen LogP contribution in [0.3, 0.4) is 0 Å². The fraction of sp³-hybridized carbons (Fsp3) is 0.278. The van der Waals surface area contributed by atoms with Gasteiger partial charge in [-0.05, 0) is 55.7 Å². The van der Waals surface area contributed by atoms with Crippen LogP contribution in [0.2, 0.25) is 5.02 Å². The molecule has 2 aromatic heterocycles. The van der Waals surface area contributed by atoms with Crippen molar-refractivity contribution in [3.8, 4) is 0 Å². The van der Waals surface area contributed by atoms with E-state index in [2.05, 4.69) is 53.6 Å². The maximum Gasteiger partial charge on any atom is 0.160 e. The number of hydrogen-bond donors (Lipinski definition) is 0. The standard InChI is InChI=1S/C18H18ClN3/c1-12-13(2)22-8-3-4-17(18(22)20-12)21-9-7-14-10-16(19)6-5-15(14)11-21/h3-6,8,10H,7,9,11H2,1-2H3. The molecule has 0 aliphatic carbocycles. The van der Waals surface area contributed by atoms with Crippen LogP contribution in [0.15, 0.2) is 36.5 Å². The van der Waals surface area contributed by atoms with Crippen molar-refractivity contribution in [1.82, 2.24) is 9.38 Å². The fourth-order valence-corrected chi connectivity index (χ4v) is 3.45. The third kappa shape index (κ3) is 2.08. The Morgan fingerprint density at radius 2 is 2.00 bits per heavy atom. The Bertz CT molecular complexity index is 866. The number of aromatic nitrogens is 2. The van der Waals surface area contributed by atoms with Gasteiger partial charge in [-0.15, -0.1) is 0 Å². The Balaban J connectivity index is 1.77. The highest BCUT2D eigenvalue weighted by Crippen LogP contribution is 2.29. The Morgan fingerprint density at radius 3 is 2.86 bits per heavy atom. The summed E-state index contributed by atoms with van der Waals surface area (Å²) in [5.41, 5.74) is 7.29. The fourth-order valence-electron chi connectivity index (χ4n) is 3.26. The van der Waals surface area contributed by atoms with Gasteiger partial charge in [0, 0.05) is 30.0 Å². The Hall–Kier alpha value is -2.00. The number of benzene rings is 1. The van der Waals surface area contributed by atoms with E-state index >= 15 is 0 Å². The predicted octanol–water partition coefficient (Wildman–Crippen LogP) is 4.17. The Labute approximate surface area is 135 Å². The molecule has 3 nitrogen and oxygen atoms in total. The van der Waals surface area contributed by atoms with E-state index in [1.807, 2.05) is 6.07 Å². The minimum atomic E-state index is 0.828. The number of anilines is 1. The quantitative estimate of drug-likeness (QED) is 0.672. The number of halogens is 1. The van der Waals surface area contributed by atoms with Gasteiger partial charge in [0.25, 0.3) is 0 Å². The van der Waals surface area contributed by atoms with Gasteiger partial charge in [0.2, 0.25) is 0 Å². The third-order valence-corrected chi connectivity index (χ3v) is 4.86. The summed E-state index contributed by atoms with van der Waals surface area (Å²) in [4.78, 5) is 7.17. The minimum absolute atomic E-state index is 0.828. The van der Waals surface area contributed by atoms with Crippen molar-refractivity contribution >= 4 is 22.9 Å². The Kier molecular flexibility index (Phi) is 3.12. The lowest BCUT2D eigenvalue weighted by Gasteiger charge is -2.31. The van der Waals surface area contributed by atoms with Crippen molar-refractivity contribution in [2.24, 2.45) is 0 Å². The third-order valence-electron chi connectivity index (χ3n) is 4.63. The lowest BCUT2D eigenvalue weighted by Crippen LogP contribution is -2.30. The van der Waals surface area contributed by atoms with Crippen LogP contribution < -0.4 is 4.90 Å². The van der Waals surface area contributed by atoms with Crippen molar-refractivity contribution in [1.29, 1.82) is 0 Å². The molecule has 3 heterocycles. The number of imidazole rings is 1. The van der Waals surface area contributed by atoms with Gasteiger partial charge in [0.1, 0.15) is 0 Å². The normalized spacial score (nSPS) is 14.4. The lowest BCUT2D eigenvalue weighted by molar-refractivity contribution is 0.731. The maximum atomic E-state index is 6.10. The second kappa shape index (κ2) is 5.03. The minimum Gasteiger partial charge on any atom is -0.364 e. The van der Waals surface area contributed by atoms with Crippen LogP contribution in [-0.4, -0.2) is 15.9 Å². The molecule has 1 aliphatic heterocycles. The first-order valence-corrected chi connectivity index (χ1v) is 7.98. The topological polar surface area (TPSA) is 20.5 Å². The van der Waals surface area contributed by atoms with Crippen LogP contribution in [0.25, 0.3) is 5.65 Å². The summed E-state index contributed by atoms with van der Waals surface area (Å²) in [6.07, 6.45) is 3.11. The molecule has 0 amide bonds. The van der Waals surface area contributed by atoms with Gasteiger partial charge in [-0.1, -0.05) is 17.7 Å². The number of hydrogen-bond acceptors (Lipinski definition) is 2. The highest BCUT2D eigenvalue weighted by atomic mass is 35.5. The van der Waals surface area contributed by atoms with E-state index in [0.29, 0.717) is 0 Å². The molecule has 0 radical (unpaired) electrons. The summed E-state index contributed by atoms with van der Waals surface area (Å²) in [6, 6.07) is 10.5. The van der Waals surface area contributed by atoms with Gasteiger partial charge in [-0.3, -0.25) is 0 Å². The van der Waals surface area contributed by atoms with Crippen molar-refractivity contribution in [2.45, 2.75) is 26.8 Å². The van der Waals surface area contributed by atoms with Crippen molar-refractivity contribution in [2.75, 3.05) is 11.4 Å². The van der Waals surface area contributed by atoms with Crippen LogP contribution >= 0.6 is 11.6 Å². The van der Waals surface area contributed by atoms with E-state index < -0.39 is 0 Å². The van der Waals surface area contributed by atoms with Crippen molar-refractivity contribution < 1.29 is 0 Å². The average Bonchev–Trinajstić information content (AvgIpc) is 2.82. The largest absolute Gasteiger partial charge is 0.364 e. The zero-order valence-electron chi connectivity index (χ0n) is 12.8. The molecule has 4 heteroatoms. The van der Waals surface area contributed by atoms with E-state index in [1.54, 1.807) is 0 Å². The van der Waals surface area contributed by atoms with Crippen molar-refractivity contribution in [3.63, 3.8) is 0 Å². The lowest BCUT2D eigenvalue weighted by atomic mass is 9.99. The number of aryl methyl sites for hydroxylation is 2. The molecule has 112 valence electrons. The first-order valence-electron chi connectivity index (χ1n) is 7.60. The van der Waals surface area contributed by atoms with E-state index in [9.17, 15) is 0 Å². The first-order chi connectivity index (χ1) is 10.6. The highest BCUT2D eigenvalue weighted by Gasteiger charge is 2.20. The molecule has 0 spiro atoms. The van der Waals surface area contributed by atoms with E-state index in [4.69, 9.17) is 16.6 Å². The number of pyridine rings is 1. The van der Waals surface area contributed by atoms with Gasteiger partial charge >= 0.3 is 0 Å². The molecule has 0 bridgehead atoms. The number of nitrogens with zero attached hydrogens (tertiary/aromatic N) is 3. The van der Waals surface area contributed by atoms with E-state index in [-0.39, 0.29) is 0 Å². The molecule has 1 aliphatic rings. The average molecular weight is 312 g/mol. The van der Waals surface area contributed by atoms with Gasteiger partial charge in [0.15, 0.2) is 5.65 Å². The zero-order valence-corrected chi connectivity index (χ0v) is 13.6. The highest BCUT2D eigenvalue weighted by molar-refractivity contribution is 6.30. The van der Waals surface area contributed by atoms with Crippen LogP contribution in [0.5, 0.6) is 0 Å². The van der Waals surface area contributed by atoms with Gasteiger partial charge < -0.3 is 9.30 Å². The number of rotatable bonds is 1. The molecule has 4 rings (SSSR count). The number of fused-ring (bicyclic) bond motifs is 2. The van der Waals surface area contributed by atoms with Gasteiger partial charge in [0.05, 0.1) is 11.4 Å². The molecular formula is C18H18ClN3. The van der Waals surface area contributed by atoms with Crippen LogP contribution in [-0.2, 0) is 13.0 Å². The van der Waals surface area contributed by atoms with E-state index in [0.717, 1.165) is 35.9 Å². The van der Waals surface area contributed by atoms with Gasteiger partial charge in [-0.25, -0.2) is 4.98 Å². The molecule has 0 saturated heterocycles. The molecular weight excluding hydrogens is 294 g/mol. The summed E-state index contributed by atoms with van der Waals surface area (Å²) in [6.45, 7) is 6.10. The molecule has 3 aromatic rings. The van der Waals surface area contributed by atoms with Crippen LogP contribution in [0, 0.1) is 13.8 Å². The first kappa shape index (κ1) is 13.6. The smallest absolute Gasteiger partial charge is 0.160 e. The summed E-state index contributed by atoms with van der Waals surface area (Å²) in [5, 5.41) is 0.828. The molecule has 0 fully saturated rings. The van der Waals surface area contributed by atoms with Crippen molar-refractivity contribution in [3.05, 3.63) is 64.1 Å². The SMILES string of the molecule is Cc1nc2c(N3CCc4cc(Cl)ccc4C3)cccn2c1C. The monoisotopic (exact) mass is 311 g/mol.